The number of imidazole rings is 1. The fourth-order valence-corrected chi connectivity index (χ4v) is 5.25. The Morgan fingerprint density at radius 2 is 1.82 bits per heavy atom. The molecule has 1 atom stereocenters. The lowest BCUT2D eigenvalue weighted by molar-refractivity contribution is -0.138. The summed E-state index contributed by atoms with van der Waals surface area (Å²) in [7, 11) is 0. The first-order valence-corrected chi connectivity index (χ1v) is 13.8. The molecule has 0 radical (unpaired) electrons. The molecule has 5 aromatic rings. The summed E-state index contributed by atoms with van der Waals surface area (Å²) >= 11 is 0. The fourth-order valence-electron chi connectivity index (χ4n) is 5.25. The van der Waals surface area contributed by atoms with E-state index in [2.05, 4.69) is 15.1 Å². The van der Waals surface area contributed by atoms with Crippen LogP contribution in [0.25, 0.3) is 27.6 Å². The number of aryl methyl sites for hydroxylation is 1. The number of H-pyrrole nitrogens is 1. The van der Waals surface area contributed by atoms with E-state index in [0.717, 1.165) is 12.1 Å². The molecule has 0 spiro atoms. The number of aliphatic carboxylic acids is 1. The number of nitrogens with one attached hydrogen (secondary N) is 1. The van der Waals surface area contributed by atoms with Crippen molar-refractivity contribution >= 4 is 33.6 Å². The summed E-state index contributed by atoms with van der Waals surface area (Å²) in [4.78, 5) is 42.5. The van der Waals surface area contributed by atoms with E-state index in [9.17, 15) is 27.2 Å². The van der Waals surface area contributed by atoms with Crippen LogP contribution in [-0.2, 0) is 27.8 Å². The predicted molar refractivity (Wildman–Crippen MR) is 153 cm³/mol. The van der Waals surface area contributed by atoms with Gasteiger partial charge < -0.3 is 14.9 Å². The number of aromatic amines is 1. The van der Waals surface area contributed by atoms with E-state index in [0.29, 0.717) is 64.3 Å². The van der Waals surface area contributed by atoms with E-state index in [4.69, 9.17) is 14.9 Å². The summed E-state index contributed by atoms with van der Waals surface area (Å²) in [6.45, 7) is 1.72. The van der Waals surface area contributed by atoms with Gasteiger partial charge in [-0.1, -0.05) is 11.2 Å². The van der Waals surface area contributed by atoms with Crippen LogP contribution in [0.2, 0.25) is 0 Å². The van der Waals surface area contributed by atoms with Crippen LogP contribution >= 0.6 is 0 Å². The zero-order valence-corrected chi connectivity index (χ0v) is 23.3. The van der Waals surface area contributed by atoms with Crippen molar-refractivity contribution in [3.05, 3.63) is 99.6 Å². The van der Waals surface area contributed by atoms with Crippen molar-refractivity contribution in [1.29, 1.82) is 0 Å². The van der Waals surface area contributed by atoms with E-state index in [1.54, 1.807) is 25.1 Å². The molecule has 6 rings (SSSR count). The summed E-state index contributed by atoms with van der Waals surface area (Å²) < 4.78 is 54.6. The van der Waals surface area contributed by atoms with Crippen molar-refractivity contribution in [2.24, 2.45) is 5.16 Å². The number of rotatable bonds is 8. The number of unbranched alkanes of at least 4 members (excludes halogenated alkanes) is 1. The Morgan fingerprint density at radius 1 is 1.05 bits per heavy atom. The van der Waals surface area contributed by atoms with Crippen molar-refractivity contribution in [1.82, 2.24) is 19.5 Å². The van der Waals surface area contributed by atoms with Gasteiger partial charge in [0, 0.05) is 24.8 Å². The van der Waals surface area contributed by atoms with Gasteiger partial charge in [0.25, 0.3) is 5.56 Å². The number of carbonyl (C=O) groups is 1. The summed E-state index contributed by atoms with van der Waals surface area (Å²) in [5.74, 6) is -0.664. The minimum atomic E-state index is -4.49. The van der Waals surface area contributed by atoms with Crippen LogP contribution in [0, 0.1) is 5.82 Å². The second-order valence-corrected chi connectivity index (χ2v) is 10.8. The van der Waals surface area contributed by atoms with Crippen molar-refractivity contribution < 1.29 is 32.3 Å². The fraction of sp³-hybridized carbons (Fsp3) is 0.258. The Labute approximate surface area is 246 Å². The molecule has 0 unspecified atom stereocenters. The predicted octanol–water partition coefficient (Wildman–Crippen LogP) is 6.26. The van der Waals surface area contributed by atoms with Gasteiger partial charge in [0.15, 0.2) is 11.4 Å². The number of nitrogens with zero attached hydrogens (tertiary/aromatic N) is 4. The Kier molecular flexibility index (Phi) is 7.18. The van der Waals surface area contributed by atoms with E-state index < -0.39 is 29.1 Å². The number of hydrogen-bond donors (Lipinski definition) is 2. The zero-order chi connectivity index (χ0) is 31.2. The SMILES string of the molecule is C[C@]1(c2nc3ccc(C(F)(F)F)cc3[nH]2)CC(c2ccc3c(=O)n(-c4ccc(F)cc4)c(CCCCC(=O)O)nc3c2)=NO1. The Balaban J connectivity index is 1.32. The number of alkyl halides is 3. The second-order valence-electron chi connectivity index (χ2n) is 10.8. The average molecular weight is 608 g/mol. The Bertz CT molecular complexity index is 2000. The highest BCUT2D eigenvalue weighted by Gasteiger charge is 2.40. The van der Waals surface area contributed by atoms with Crippen LogP contribution < -0.4 is 5.56 Å². The van der Waals surface area contributed by atoms with Crippen LogP contribution in [0.15, 0.2) is 70.6 Å². The number of carboxylic acid groups (broad SMARTS) is 1. The lowest BCUT2D eigenvalue weighted by Crippen LogP contribution is -2.25. The highest BCUT2D eigenvalue weighted by Crippen LogP contribution is 2.37. The topological polar surface area (TPSA) is 122 Å². The molecule has 13 heteroatoms. The highest BCUT2D eigenvalue weighted by atomic mass is 19.4. The van der Waals surface area contributed by atoms with Crippen molar-refractivity contribution in [2.45, 2.75) is 50.8 Å². The molecule has 2 aromatic heterocycles. The third-order valence-electron chi connectivity index (χ3n) is 7.57. The van der Waals surface area contributed by atoms with E-state index in [-0.39, 0.29) is 23.9 Å². The molecule has 0 saturated heterocycles. The minimum absolute atomic E-state index is 0.0220. The number of benzene rings is 3. The number of halogens is 4. The molecule has 2 N–H and O–H groups in total. The van der Waals surface area contributed by atoms with E-state index >= 15 is 0 Å². The van der Waals surface area contributed by atoms with Crippen LogP contribution in [0.3, 0.4) is 0 Å². The number of fused-ring (bicyclic) bond motifs is 2. The van der Waals surface area contributed by atoms with Gasteiger partial charge >= 0.3 is 12.1 Å². The first-order chi connectivity index (χ1) is 20.9. The molecule has 1 aliphatic heterocycles. The van der Waals surface area contributed by atoms with Crippen LogP contribution in [0.4, 0.5) is 17.6 Å². The molecule has 0 bridgehead atoms. The normalized spacial score (nSPS) is 16.8. The molecule has 3 aromatic carbocycles. The molecule has 44 heavy (non-hydrogen) atoms. The van der Waals surface area contributed by atoms with Crippen molar-refractivity contribution in [2.75, 3.05) is 0 Å². The van der Waals surface area contributed by atoms with Gasteiger partial charge in [0.2, 0.25) is 0 Å². The van der Waals surface area contributed by atoms with Crippen LogP contribution in [0.5, 0.6) is 0 Å². The van der Waals surface area contributed by atoms with Crippen molar-refractivity contribution in [3.63, 3.8) is 0 Å². The molecule has 3 heterocycles. The number of hydrogen-bond acceptors (Lipinski definition) is 6. The van der Waals surface area contributed by atoms with Gasteiger partial charge in [0.05, 0.1) is 38.9 Å². The van der Waals surface area contributed by atoms with E-state index in [1.807, 2.05) is 0 Å². The van der Waals surface area contributed by atoms with Gasteiger partial charge in [-0.2, -0.15) is 13.2 Å². The highest BCUT2D eigenvalue weighted by molar-refractivity contribution is 6.04. The molecule has 226 valence electrons. The minimum Gasteiger partial charge on any atom is -0.481 e. The number of aromatic nitrogens is 4. The number of carboxylic acids is 1. The van der Waals surface area contributed by atoms with Crippen molar-refractivity contribution in [3.8, 4) is 5.69 Å². The van der Waals surface area contributed by atoms with Gasteiger partial charge in [0.1, 0.15) is 11.6 Å². The largest absolute Gasteiger partial charge is 0.481 e. The third-order valence-corrected chi connectivity index (χ3v) is 7.57. The monoisotopic (exact) mass is 607 g/mol. The first-order valence-electron chi connectivity index (χ1n) is 13.8. The summed E-state index contributed by atoms with van der Waals surface area (Å²) in [5.41, 5.74) is 0.300. The molecule has 1 aliphatic rings. The first kappa shape index (κ1) is 29.0. The van der Waals surface area contributed by atoms with Gasteiger partial charge in [-0.3, -0.25) is 14.2 Å². The lowest BCUT2D eigenvalue weighted by atomic mass is 9.95. The summed E-state index contributed by atoms with van der Waals surface area (Å²) in [6.07, 6.45) is -3.12. The zero-order valence-electron chi connectivity index (χ0n) is 23.3. The van der Waals surface area contributed by atoms with Crippen LogP contribution in [0.1, 0.15) is 55.4 Å². The third kappa shape index (κ3) is 5.52. The Morgan fingerprint density at radius 3 is 2.55 bits per heavy atom. The quantitative estimate of drug-likeness (QED) is 0.159. The molecular formula is C31H25F4N5O4. The molecular weight excluding hydrogens is 582 g/mol. The van der Waals surface area contributed by atoms with Crippen LogP contribution in [-0.4, -0.2) is 36.3 Å². The Hall–Kier alpha value is -5.07. The van der Waals surface area contributed by atoms with Gasteiger partial charge in [-0.25, -0.2) is 14.4 Å². The summed E-state index contributed by atoms with van der Waals surface area (Å²) in [5, 5.41) is 13.6. The molecule has 9 nitrogen and oxygen atoms in total. The molecule has 0 aliphatic carbocycles. The maximum absolute atomic E-state index is 13.7. The molecule has 0 saturated carbocycles. The van der Waals surface area contributed by atoms with Gasteiger partial charge in [-0.15, -0.1) is 0 Å². The standard InChI is InChI=1S/C31H25F4N5O4/c1-30(29-37-22-13-7-18(31(33,34)35)15-24(22)38-29)16-25(39-44-30)17-6-12-21-23(14-17)36-26(4-2-3-5-27(41)42)40(28(21)43)20-10-8-19(32)9-11-20/h6-15H,2-5,16H2,1H3,(H,37,38)(H,41,42)/t30-/m1/s1. The smallest absolute Gasteiger partial charge is 0.416 e. The number of oxime groups is 1. The maximum atomic E-state index is 13.7. The average Bonchev–Trinajstić information content (AvgIpc) is 3.60. The van der Waals surface area contributed by atoms with E-state index in [1.165, 1.54) is 34.9 Å². The lowest BCUT2D eigenvalue weighted by Gasteiger charge is -2.18. The molecule has 0 fully saturated rings. The summed E-state index contributed by atoms with van der Waals surface area (Å²) in [6, 6.07) is 13.7. The molecule has 0 amide bonds. The van der Waals surface area contributed by atoms with Gasteiger partial charge in [-0.05, 0) is 74.4 Å². The maximum Gasteiger partial charge on any atom is 0.416 e. The second kappa shape index (κ2) is 10.9.